The van der Waals surface area contributed by atoms with E-state index < -0.39 is 0 Å². The summed E-state index contributed by atoms with van der Waals surface area (Å²) in [4.78, 5) is 2.08. The molecule has 1 fully saturated rings. The fraction of sp³-hybridized carbons (Fsp3) is 0.833. The van der Waals surface area contributed by atoms with Gasteiger partial charge in [0.1, 0.15) is 6.10 Å². The first-order chi connectivity index (χ1) is 4.24. The molecule has 1 aliphatic rings. The summed E-state index contributed by atoms with van der Waals surface area (Å²) in [5.41, 5.74) is 0.694. The maximum Gasteiger partial charge on any atom is 0.108 e. The Morgan fingerprint density at radius 2 is 2.44 bits per heavy atom. The standard InChI is InChI=1S/C6H12N2O/c1-8-3-5(7)6(4-8)9-2/h6-7H,3-4H2,1-2H3/t6-/m0/s1. The van der Waals surface area contributed by atoms with Crippen LogP contribution in [0.5, 0.6) is 0 Å². The highest BCUT2D eigenvalue weighted by Gasteiger charge is 2.24. The molecule has 3 nitrogen and oxygen atoms in total. The van der Waals surface area contributed by atoms with Gasteiger partial charge in [0.25, 0.3) is 0 Å². The highest BCUT2D eigenvalue weighted by molar-refractivity contribution is 5.89. The minimum absolute atomic E-state index is 0.0509. The number of likely N-dealkylation sites (tertiary alicyclic amines) is 1. The van der Waals surface area contributed by atoms with Gasteiger partial charge >= 0.3 is 0 Å². The minimum Gasteiger partial charge on any atom is -0.374 e. The van der Waals surface area contributed by atoms with Crippen molar-refractivity contribution in [3.05, 3.63) is 0 Å². The number of nitrogens with one attached hydrogen (secondary N) is 1. The normalized spacial score (nSPS) is 29.6. The van der Waals surface area contributed by atoms with Gasteiger partial charge in [-0.2, -0.15) is 0 Å². The maximum absolute atomic E-state index is 7.37. The molecule has 52 valence electrons. The molecule has 1 saturated heterocycles. The van der Waals surface area contributed by atoms with Crippen LogP contribution in [-0.2, 0) is 4.74 Å². The molecule has 0 bridgehead atoms. The summed E-state index contributed by atoms with van der Waals surface area (Å²) in [6, 6.07) is 0. The van der Waals surface area contributed by atoms with Crippen molar-refractivity contribution in [1.29, 1.82) is 5.41 Å². The van der Waals surface area contributed by atoms with Crippen LogP contribution in [0.1, 0.15) is 0 Å². The molecule has 9 heavy (non-hydrogen) atoms. The lowest BCUT2D eigenvalue weighted by Crippen LogP contribution is -2.20. The quantitative estimate of drug-likeness (QED) is 0.538. The smallest absolute Gasteiger partial charge is 0.108 e. The molecule has 1 heterocycles. The van der Waals surface area contributed by atoms with E-state index in [-0.39, 0.29) is 6.10 Å². The Balaban J connectivity index is 2.48. The molecule has 1 aliphatic heterocycles. The Hall–Kier alpha value is -0.410. The number of hydrogen-bond acceptors (Lipinski definition) is 3. The number of likely N-dealkylation sites (N-methyl/N-ethyl adjacent to an activating group) is 1. The van der Waals surface area contributed by atoms with E-state index in [1.165, 1.54) is 0 Å². The van der Waals surface area contributed by atoms with Crippen LogP contribution >= 0.6 is 0 Å². The van der Waals surface area contributed by atoms with E-state index in [1.54, 1.807) is 7.11 Å². The van der Waals surface area contributed by atoms with Gasteiger partial charge in [-0.15, -0.1) is 0 Å². The van der Waals surface area contributed by atoms with Crippen LogP contribution in [0.3, 0.4) is 0 Å². The third-order valence-electron chi connectivity index (χ3n) is 1.59. The van der Waals surface area contributed by atoms with Gasteiger partial charge in [0.15, 0.2) is 0 Å². The fourth-order valence-corrected chi connectivity index (χ4v) is 1.07. The molecule has 0 unspecified atom stereocenters. The molecule has 3 heteroatoms. The number of nitrogens with zero attached hydrogens (tertiary/aromatic N) is 1. The number of methoxy groups -OCH3 is 1. The van der Waals surface area contributed by atoms with Crippen LogP contribution < -0.4 is 0 Å². The highest BCUT2D eigenvalue weighted by atomic mass is 16.5. The van der Waals surface area contributed by atoms with Gasteiger partial charge in [0.2, 0.25) is 0 Å². The van der Waals surface area contributed by atoms with E-state index in [0.29, 0.717) is 5.71 Å². The molecule has 0 aromatic heterocycles. The predicted molar refractivity (Wildman–Crippen MR) is 36.0 cm³/mol. The van der Waals surface area contributed by atoms with Crippen molar-refractivity contribution in [1.82, 2.24) is 4.90 Å². The minimum atomic E-state index is 0.0509. The molecule has 0 amide bonds. The molecule has 0 spiro atoms. The zero-order chi connectivity index (χ0) is 6.85. The molecule has 0 radical (unpaired) electrons. The molecule has 0 aromatic rings. The lowest BCUT2D eigenvalue weighted by Gasteiger charge is -2.05. The van der Waals surface area contributed by atoms with Gasteiger partial charge in [0.05, 0.1) is 5.71 Å². The summed E-state index contributed by atoms with van der Waals surface area (Å²) < 4.78 is 5.03. The summed E-state index contributed by atoms with van der Waals surface area (Å²) in [5.74, 6) is 0. The molecule has 0 saturated carbocycles. The maximum atomic E-state index is 7.37. The van der Waals surface area contributed by atoms with Crippen LogP contribution in [0.4, 0.5) is 0 Å². The second kappa shape index (κ2) is 2.45. The van der Waals surface area contributed by atoms with Crippen molar-refractivity contribution in [2.75, 3.05) is 27.2 Å². The summed E-state index contributed by atoms with van der Waals surface area (Å²) in [7, 11) is 3.64. The van der Waals surface area contributed by atoms with Crippen molar-refractivity contribution in [2.24, 2.45) is 0 Å². The summed E-state index contributed by atoms with van der Waals surface area (Å²) in [6.45, 7) is 1.63. The Morgan fingerprint density at radius 1 is 1.78 bits per heavy atom. The number of rotatable bonds is 1. The zero-order valence-corrected chi connectivity index (χ0v) is 5.85. The molecule has 1 atom stereocenters. The molecule has 1 N–H and O–H groups in total. The van der Waals surface area contributed by atoms with Gasteiger partial charge in [-0.25, -0.2) is 0 Å². The second-order valence-electron chi connectivity index (χ2n) is 2.45. The van der Waals surface area contributed by atoms with Crippen LogP contribution in [0.25, 0.3) is 0 Å². The van der Waals surface area contributed by atoms with E-state index in [2.05, 4.69) is 4.90 Å². The Bertz CT molecular complexity index is 124. The van der Waals surface area contributed by atoms with Crippen LogP contribution in [0, 0.1) is 5.41 Å². The van der Waals surface area contributed by atoms with Crippen LogP contribution in [-0.4, -0.2) is 44.0 Å². The van der Waals surface area contributed by atoms with Gasteiger partial charge in [-0.3, -0.25) is 4.90 Å². The average Bonchev–Trinajstić information content (AvgIpc) is 2.10. The van der Waals surface area contributed by atoms with Crippen LogP contribution in [0.2, 0.25) is 0 Å². The molecule has 0 aromatic carbocycles. The van der Waals surface area contributed by atoms with E-state index in [4.69, 9.17) is 10.1 Å². The van der Waals surface area contributed by atoms with E-state index in [0.717, 1.165) is 13.1 Å². The van der Waals surface area contributed by atoms with Crippen molar-refractivity contribution in [3.8, 4) is 0 Å². The van der Waals surface area contributed by atoms with Crippen molar-refractivity contribution in [2.45, 2.75) is 6.10 Å². The van der Waals surface area contributed by atoms with Crippen LogP contribution in [0.15, 0.2) is 0 Å². The lowest BCUT2D eigenvalue weighted by molar-refractivity contribution is 0.145. The first-order valence-electron chi connectivity index (χ1n) is 3.02. The predicted octanol–water partition coefficient (Wildman–Crippen LogP) is -0.0334. The Morgan fingerprint density at radius 3 is 2.67 bits per heavy atom. The zero-order valence-electron chi connectivity index (χ0n) is 5.85. The summed E-state index contributed by atoms with van der Waals surface area (Å²) in [6.07, 6.45) is 0.0509. The highest BCUT2D eigenvalue weighted by Crippen LogP contribution is 2.04. The SMILES string of the molecule is CO[C@H]1CN(C)CC1=N. The van der Waals surface area contributed by atoms with E-state index in [1.807, 2.05) is 7.05 Å². The molecular weight excluding hydrogens is 116 g/mol. The van der Waals surface area contributed by atoms with Crippen molar-refractivity contribution in [3.63, 3.8) is 0 Å². The Kier molecular flexibility index (Phi) is 1.83. The van der Waals surface area contributed by atoms with E-state index in [9.17, 15) is 0 Å². The third kappa shape index (κ3) is 1.28. The van der Waals surface area contributed by atoms with Gasteiger partial charge in [-0.1, -0.05) is 0 Å². The van der Waals surface area contributed by atoms with Gasteiger partial charge < -0.3 is 10.1 Å². The summed E-state index contributed by atoms with van der Waals surface area (Å²) in [5, 5.41) is 7.37. The summed E-state index contributed by atoms with van der Waals surface area (Å²) >= 11 is 0. The fourth-order valence-electron chi connectivity index (χ4n) is 1.07. The Labute approximate surface area is 55.1 Å². The topological polar surface area (TPSA) is 36.3 Å². The largest absolute Gasteiger partial charge is 0.374 e. The first kappa shape index (κ1) is 6.71. The van der Waals surface area contributed by atoms with Gasteiger partial charge in [-0.05, 0) is 7.05 Å². The second-order valence-corrected chi connectivity index (χ2v) is 2.45. The lowest BCUT2D eigenvalue weighted by atomic mass is 10.3. The third-order valence-corrected chi connectivity index (χ3v) is 1.59. The molecular formula is C6H12N2O. The molecule has 1 rings (SSSR count). The molecule has 0 aliphatic carbocycles. The van der Waals surface area contributed by atoms with Gasteiger partial charge in [0, 0.05) is 20.2 Å². The van der Waals surface area contributed by atoms with Crippen molar-refractivity contribution < 1.29 is 4.74 Å². The first-order valence-corrected chi connectivity index (χ1v) is 3.02. The average molecular weight is 128 g/mol. The number of hydrogen-bond donors (Lipinski definition) is 1. The number of ether oxygens (including phenoxy) is 1. The van der Waals surface area contributed by atoms with E-state index >= 15 is 0 Å². The van der Waals surface area contributed by atoms with Crippen molar-refractivity contribution >= 4 is 5.71 Å². The monoisotopic (exact) mass is 128 g/mol.